The summed E-state index contributed by atoms with van der Waals surface area (Å²) in [6.07, 6.45) is 46.5. The van der Waals surface area contributed by atoms with Crippen molar-refractivity contribution in [2.24, 2.45) is 0 Å². The van der Waals surface area contributed by atoms with E-state index >= 15 is 0 Å². The third-order valence-electron chi connectivity index (χ3n) is 11.0. The van der Waals surface area contributed by atoms with Crippen molar-refractivity contribution in [3.63, 3.8) is 0 Å². The highest BCUT2D eigenvalue weighted by molar-refractivity contribution is 5.16. The lowest BCUT2D eigenvalue weighted by molar-refractivity contribution is 0.399. The molecule has 0 atom stereocenters. The van der Waals surface area contributed by atoms with E-state index in [1.807, 2.05) is 0 Å². The van der Waals surface area contributed by atoms with Gasteiger partial charge >= 0.3 is 0 Å². The number of benzene rings is 3. The molecule has 0 radical (unpaired) electrons. The molecule has 0 bridgehead atoms. The number of unbranched alkanes of at least 4 members (excludes halogenated alkanes) is 27. The number of aliphatic hydroxyl groups is 1. The van der Waals surface area contributed by atoms with Crippen molar-refractivity contribution in [3.8, 4) is 0 Å². The van der Waals surface area contributed by atoms with E-state index < -0.39 is 0 Å². The number of aryl methyl sites for hydroxylation is 3. The molecule has 0 saturated carbocycles. The summed E-state index contributed by atoms with van der Waals surface area (Å²) in [7, 11) is 1.00. The van der Waals surface area contributed by atoms with E-state index in [2.05, 4.69) is 112 Å². The molecule has 0 aliphatic rings. The molecule has 0 unspecified atom stereocenters. The quantitative estimate of drug-likeness (QED) is 0.0612. The minimum absolute atomic E-state index is 1.00. The van der Waals surface area contributed by atoms with Gasteiger partial charge in [-0.2, -0.15) is 0 Å². The normalized spacial score (nSPS) is 10.4. The van der Waals surface area contributed by atoms with Gasteiger partial charge in [0.2, 0.25) is 0 Å². The summed E-state index contributed by atoms with van der Waals surface area (Å²) < 4.78 is 0. The van der Waals surface area contributed by atoms with Crippen molar-refractivity contribution in [3.05, 3.63) is 108 Å². The van der Waals surface area contributed by atoms with Gasteiger partial charge in [0.25, 0.3) is 0 Å². The summed E-state index contributed by atoms with van der Waals surface area (Å²) in [6, 6.07) is 32.6. The van der Waals surface area contributed by atoms with Crippen LogP contribution in [-0.4, -0.2) is 12.2 Å². The van der Waals surface area contributed by atoms with Crippen LogP contribution >= 0.6 is 0 Å². The Hall–Kier alpha value is -2.38. The molecule has 1 nitrogen and oxygen atoms in total. The maximum absolute atomic E-state index is 7.00. The van der Waals surface area contributed by atoms with Crippen LogP contribution in [0.5, 0.6) is 0 Å². The van der Waals surface area contributed by atoms with Crippen LogP contribution in [0.2, 0.25) is 0 Å². The van der Waals surface area contributed by atoms with Gasteiger partial charge in [0.15, 0.2) is 0 Å². The van der Waals surface area contributed by atoms with Gasteiger partial charge in [-0.25, -0.2) is 0 Å². The van der Waals surface area contributed by atoms with E-state index in [0.717, 1.165) is 7.11 Å². The van der Waals surface area contributed by atoms with Crippen LogP contribution in [-0.2, 0) is 19.3 Å². The van der Waals surface area contributed by atoms with Gasteiger partial charge in [0.05, 0.1) is 0 Å². The van der Waals surface area contributed by atoms with Crippen molar-refractivity contribution >= 4 is 0 Å². The van der Waals surface area contributed by atoms with Gasteiger partial charge < -0.3 is 5.11 Å². The van der Waals surface area contributed by atoms with E-state index in [9.17, 15) is 0 Å². The van der Waals surface area contributed by atoms with Crippen molar-refractivity contribution < 1.29 is 5.11 Å². The smallest absolute Gasteiger partial charge is 0.0319 e. The van der Waals surface area contributed by atoms with Gasteiger partial charge in [-0.1, -0.05) is 285 Å². The predicted octanol–water partition coefficient (Wildman–Crippen LogP) is 18.1. The molecule has 320 valence electrons. The third-order valence-corrected chi connectivity index (χ3v) is 11.0. The second kappa shape index (κ2) is 47.0. The summed E-state index contributed by atoms with van der Waals surface area (Å²) in [5.74, 6) is 0. The Kier molecular flexibility index (Phi) is 45.0. The highest BCUT2D eigenvalue weighted by Gasteiger charge is 1.97. The van der Waals surface area contributed by atoms with E-state index in [1.54, 1.807) is 0 Å². The van der Waals surface area contributed by atoms with Crippen LogP contribution in [0.25, 0.3) is 0 Å². The summed E-state index contributed by atoms with van der Waals surface area (Å²) in [5.41, 5.74) is 4.49. The minimum atomic E-state index is 1.00. The molecule has 0 aliphatic carbocycles. The van der Waals surface area contributed by atoms with Crippen LogP contribution in [0.4, 0.5) is 0 Å². The highest BCUT2D eigenvalue weighted by Crippen LogP contribution is 2.15. The molecule has 3 rings (SSSR count). The Morgan fingerprint density at radius 1 is 0.232 bits per heavy atom. The molecule has 0 aliphatic heterocycles. The zero-order chi connectivity index (χ0) is 40.7. The first-order valence-corrected chi connectivity index (χ1v) is 24.4. The third kappa shape index (κ3) is 39.8. The largest absolute Gasteiger partial charge is 0.400 e. The fourth-order valence-corrected chi connectivity index (χ4v) is 7.38. The second-order valence-corrected chi connectivity index (χ2v) is 16.3. The predicted molar refractivity (Wildman–Crippen MR) is 254 cm³/mol. The van der Waals surface area contributed by atoms with Gasteiger partial charge in [-0.05, 0) is 55.2 Å². The van der Waals surface area contributed by atoms with Crippen molar-refractivity contribution in [2.75, 3.05) is 7.11 Å². The van der Waals surface area contributed by atoms with Gasteiger partial charge in [0.1, 0.15) is 0 Å². The van der Waals surface area contributed by atoms with E-state index in [4.69, 9.17) is 5.11 Å². The Bertz CT molecular complexity index is 937. The molecule has 0 spiro atoms. The number of hydrogen-bond acceptors (Lipinski definition) is 1. The average molecular weight is 771 g/mol. The van der Waals surface area contributed by atoms with Crippen LogP contribution < -0.4 is 0 Å². The number of aliphatic hydroxyl groups excluding tert-OH is 1. The first-order chi connectivity index (χ1) is 27.8. The molecule has 0 saturated heterocycles. The molecule has 0 amide bonds. The standard InChI is InChI=1S/3C18H30.CH4O/c3*1-2-3-4-5-6-7-8-9-10-12-15-18-16-13-11-14-17-18;1-2/h3*11,13-14,16-17H,2-10,12,15H2,1H3;2H,1H3. The first kappa shape index (κ1) is 53.6. The SMILES string of the molecule is CCCCCCCCCCCCc1ccccc1.CCCCCCCCCCCCc1ccccc1.CCCCCCCCCCCCc1ccccc1.CO. The fraction of sp³-hybridized carbons (Fsp3) is 0.673. The molecule has 0 aromatic heterocycles. The summed E-state index contributed by atoms with van der Waals surface area (Å²) in [4.78, 5) is 0. The van der Waals surface area contributed by atoms with Crippen LogP contribution in [0.15, 0.2) is 91.0 Å². The van der Waals surface area contributed by atoms with Gasteiger partial charge in [-0.3, -0.25) is 0 Å². The fourth-order valence-electron chi connectivity index (χ4n) is 7.38. The molecule has 3 aromatic carbocycles. The first-order valence-electron chi connectivity index (χ1n) is 24.4. The summed E-state index contributed by atoms with van der Waals surface area (Å²) in [6.45, 7) is 6.85. The monoisotopic (exact) mass is 771 g/mol. The average Bonchev–Trinajstić information content (AvgIpc) is 3.25. The second-order valence-electron chi connectivity index (χ2n) is 16.3. The summed E-state index contributed by atoms with van der Waals surface area (Å²) >= 11 is 0. The Balaban J connectivity index is 0.000000792. The molecular weight excluding hydrogens is 677 g/mol. The molecule has 3 aromatic rings. The van der Waals surface area contributed by atoms with Crippen LogP contribution in [0.1, 0.15) is 230 Å². The van der Waals surface area contributed by atoms with E-state index in [0.29, 0.717) is 0 Å². The lowest BCUT2D eigenvalue weighted by Crippen LogP contribution is -1.86. The lowest BCUT2D eigenvalue weighted by Gasteiger charge is -2.03. The van der Waals surface area contributed by atoms with Gasteiger partial charge in [0, 0.05) is 7.11 Å². The van der Waals surface area contributed by atoms with Gasteiger partial charge in [-0.15, -0.1) is 0 Å². The Morgan fingerprint density at radius 2 is 0.393 bits per heavy atom. The molecule has 1 heteroatoms. The lowest BCUT2D eigenvalue weighted by atomic mass is 10.0. The molecule has 0 fully saturated rings. The van der Waals surface area contributed by atoms with Crippen molar-refractivity contribution in [2.45, 2.75) is 233 Å². The summed E-state index contributed by atoms with van der Waals surface area (Å²) in [5, 5.41) is 7.00. The number of hydrogen-bond donors (Lipinski definition) is 1. The van der Waals surface area contributed by atoms with Crippen molar-refractivity contribution in [1.29, 1.82) is 0 Å². The topological polar surface area (TPSA) is 20.2 Å². The van der Waals surface area contributed by atoms with E-state index in [-0.39, 0.29) is 0 Å². The molecule has 1 N–H and O–H groups in total. The Morgan fingerprint density at radius 3 is 0.571 bits per heavy atom. The minimum Gasteiger partial charge on any atom is -0.400 e. The van der Waals surface area contributed by atoms with Crippen molar-refractivity contribution in [1.82, 2.24) is 0 Å². The maximum atomic E-state index is 7.00. The molecular formula is C55H94O. The van der Waals surface area contributed by atoms with E-state index in [1.165, 1.54) is 229 Å². The number of rotatable bonds is 33. The maximum Gasteiger partial charge on any atom is 0.0319 e. The zero-order valence-electron chi connectivity index (χ0n) is 37.9. The zero-order valence-corrected chi connectivity index (χ0v) is 37.9. The van der Waals surface area contributed by atoms with Crippen LogP contribution in [0, 0.1) is 0 Å². The molecule has 0 heterocycles. The van der Waals surface area contributed by atoms with Crippen LogP contribution in [0.3, 0.4) is 0 Å². The Labute approximate surface area is 351 Å². The highest BCUT2D eigenvalue weighted by atomic mass is 16.2. The molecule has 56 heavy (non-hydrogen) atoms.